The third-order valence-corrected chi connectivity index (χ3v) is 4.01. The summed E-state index contributed by atoms with van der Waals surface area (Å²) >= 11 is 6.27. The lowest BCUT2D eigenvalue weighted by Crippen LogP contribution is -2.10. The predicted molar refractivity (Wildman–Crippen MR) is 90.0 cm³/mol. The molecule has 0 aliphatic heterocycles. The van der Waals surface area contributed by atoms with Gasteiger partial charge in [-0.15, -0.1) is 0 Å². The molecule has 1 aromatic heterocycles. The smallest absolute Gasteiger partial charge is 0.136 e. The second-order valence-corrected chi connectivity index (χ2v) is 7.19. The van der Waals surface area contributed by atoms with Crippen molar-refractivity contribution in [3.63, 3.8) is 0 Å². The van der Waals surface area contributed by atoms with Crippen LogP contribution in [0.3, 0.4) is 0 Å². The van der Waals surface area contributed by atoms with Gasteiger partial charge in [-0.05, 0) is 17.9 Å². The van der Waals surface area contributed by atoms with Gasteiger partial charge in [-0.25, -0.2) is 9.97 Å². The van der Waals surface area contributed by atoms with Crippen LogP contribution in [-0.2, 0) is 5.41 Å². The van der Waals surface area contributed by atoms with Crippen molar-refractivity contribution < 1.29 is 0 Å². The molecule has 0 aliphatic rings. The second kappa shape index (κ2) is 5.76. The van der Waals surface area contributed by atoms with Crippen LogP contribution in [0.5, 0.6) is 0 Å². The van der Waals surface area contributed by atoms with E-state index >= 15 is 0 Å². The molecule has 2 rings (SSSR count). The molecule has 0 fully saturated rings. The maximum atomic E-state index is 6.27. The number of nitrogens with zero attached hydrogens (tertiary/aromatic N) is 2. The molecule has 0 saturated heterocycles. The first kappa shape index (κ1) is 16.0. The van der Waals surface area contributed by atoms with Crippen molar-refractivity contribution >= 4 is 11.6 Å². The van der Waals surface area contributed by atoms with E-state index in [1.54, 1.807) is 0 Å². The molecule has 21 heavy (non-hydrogen) atoms. The van der Waals surface area contributed by atoms with E-state index in [2.05, 4.69) is 63.9 Å². The number of benzene rings is 1. The first-order valence-electron chi connectivity index (χ1n) is 7.35. The van der Waals surface area contributed by atoms with Gasteiger partial charge in [0.05, 0.1) is 5.69 Å². The molecule has 0 unspecified atom stereocenters. The SMILES string of the molecule is Cc1c(Cl)nc(C(C)C)nc1-c1ccc(C(C)(C)C)cc1. The molecular formula is C18H23ClN2. The molecule has 0 saturated carbocycles. The predicted octanol–water partition coefficient (Wildman–Crippen LogP) is 5.53. The van der Waals surface area contributed by atoms with E-state index < -0.39 is 0 Å². The fourth-order valence-corrected chi connectivity index (χ4v) is 2.35. The highest BCUT2D eigenvalue weighted by molar-refractivity contribution is 6.30. The number of hydrogen-bond acceptors (Lipinski definition) is 2. The van der Waals surface area contributed by atoms with Crippen molar-refractivity contribution in [3.8, 4) is 11.3 Å². The lowest BCUT2D eigenvalue weighted by atomic mass is 9.86. The zero-order valence-corrected chi connectivity index (χ0v) is 14.4. The van der Waals surface area contributed by atoms with Gasteiger partial charge in [0.2, 0.25) is 0 Å². The zero-order valence-electron chi connectivity index (χ0n) is 13.7. The summed E-state index contributed by atoms with van der Waals surface area (Å²) in [6.45, 7) is 12.8. The lowest BCUT2D eigenvalue weighted by molar-refractivity contribution is 0.590. The molecule has 3 heteroatoms. The van der Waals surface area contributed by atoms with Gasteiger partial charge in [-0.2, -0.15) is 0 Å². The first-order valence-corrected chi connectivity index (χ1v) is 7.73. The summed E-state index contributed by atoms with van der Waals surface area (Å²) < 4.78 is 0. The molecular weight excluding hydrogens is 280 g/mol. The quantitative estimate of drug-likeness (QED) is 0.682. The fraction of sp³-hybridized carbons (Fsp3) is 0.444. The molecule has 0 radical (unpaired) electrons. The summed E-state index contributed by atoms with van der Waals surface area (Å²) in [5.74, 6) is 1.05. The van der Waals surface area contributed by atoms with E-state index in [-0.39, 0.29) is 11.3 Å². The van der Waals surface area contributed by atoms with Crippen molar-refractivity contribution in [1.29, 1.82) is 0 Å². The average Bonchev–Trinajstić information content (AvgIpc) is 2.40. The van der Waals surface area contributed by atoms with Crippen LogP contribution in [0.15, 0.2) is 24.3 Å². The standard InChI is InChI=1S/C18H23ClN2/c1-11(2)17-20-15(12(3)16(19)21-17)13-7-9-14(10-8-13)18(4,5)6/h7-11H,1-6H3. The Morgan fingerprint density at radius 2 is 1.57 bits per heavy atom. The monoisotopic (exact) mass is 302 g/mol. The second-order valence-electron chi connectivity index (χ2n) is 6.83. The van der Waals surface area contributed by atoms with Gasteiger partial charge in [0.1, 0.15) is 11.0 Å². The normalized spacial score (nSPS) is 12.0. The molecule has 2 aromatic rings. The van der Waals surface area contributed by atoms with Crippen molar-refractivity contribution in [3.05, 3.63) is 46.4 Å². The summed E-state index contributed by atoms with van der Waals surface area (Å²) in [4.78, 5) is 9.07. The number of rotatable bonds is 2. The highest BCUT2D eigenvalue weighted by Crippen LogP contribution is 2.30. The number of halogens is 1. The minimum absolute atomic E-state index is 0.153. The van der Waals surface area contributed by atoms with Crippen LogP contribution in [0.25, 0.3) is 11.3 Å². The maximum Gasteiger partial charge on any atom is 0.136 e. The topological polar surface area (TPSA) is 25.8 Å². The Labute approximate surface area is 132 Å². The minimum Gasteiger partial charge on any atom is -0.232 e. The largest absolute Gasteiger partial charge is 0.232 e. The average molecular weight is 303 g/mol. The molecule has 0 bridgehead atoms. The highest BCUT2D eigenvalue weighted by Gasteiger charge is 2.16. The van der Waals surface area contributed by atoms with E-state index in [4.69, 9.17) is 16.6 Å². The Morgan fingerprint density at radius 1 is 1.00 bits per heavy atom. The van der Waals surface area contributed by atoms with Crippen molar-refractivity contribution in [2.24, 2.45) is 0 Å². The Kier molecular flexibility index (Phi) is 4.38. The van der Waals surface area contributed by atoms with Gasteiger partial charge < -0.3 is 0 Å². The van der Waals surface area contributed by atoms with Gasteiger partial charge in [-0.3, -0.25) is 0 Å². The Bertz CT molecular complexity index is 638. The Morgan fingerprint density at radius 3 is 2.05 bits per heavy atom. The fourth-order valence-electron chi connectivity index (χ4n) is 2.17. The summed E-state index contributed by atoms with van der Waals surface area (Å²) in [6, 6.07) is 8.58. The minimum atomic E-state index is 0.153. The van der Waals surface area contributed by atoms with Crippen molar-refractivity contribution in [1.82, 2.24) is 9.97 Å². The van der Waals surface area contributed by atoms with Crippen LogP contribution in [0.1, 0.15) is 57.5 Å². The molecule has 0 N–H and O–H groups in total. The van der Waals surface area contributed by atoms with E-state index in [0.29, 0.717) is 5.15 Å². The highest BCUT2D eigenvalue weighted by atomic mass is 35.5. The van der Waals surface area contributed by atoms with Gasteiger partial charge in [0.15, 0.2) is 0 Å². The van der Waals surface area contributed by atoms with E-state index in [9.17, 15) is 0 Å². The van der Waals surface area contributed by atoms with E-state index in [1.165, 1.54) is 5.56 Å². The maximum absolute atomic E-state index is 6.27. The lowest BCUT2D eigenvalue weighted by Gasteiger charge is -2.19. The summed E-state index contributed by atoms with van der Waals surface area (Å²) in [7, 11) is 0. The van der Waals surface area contributed by atoms with Crippen molar-refractivity contribution in [2.75, 3.05) is 0 Å². The van der Waals surface area contributed by atoms with Crippen LogP contribution < -0.4 is 0 Å². The van der Waals surface area contributed by atoms with Crippen LogP contribution in [0.4, 0.5) is 0 Å². The molecule has 0 amide bonds. The summed E-state index contributed by atoms with van der Waals surface area (Å²) in [6.07, 6.45) is 0. The van der Waals surface area contributed by atoms with Crippen LogP contribution >= 0.6 is 11.6 Å². The Hall–Kier alpha value is -1.41. The number of aromatic nitrogens is 2. The third-order valence-electron chi connectivity index (χ3n) is 3.64. The molecule has 1 heterocycles. The molecule has 112 valence electrons. The Balaban J connectivity index is 2.51. The van der Waals surface area contributed by atoms with E-state index in [0.717, 1.165) is 22.6 Å². The van der Waals surface area contributed by atoms with Gasteiger partial charge in [0.25, 0.3) is 0 Å². The molecule has 0 spiro atoms. The molecule has 1 aromatic carbocycles. The van der Waals surface area contributed by atoms with Crippen LogP contribution in [0.2, 0.25) is 5.15 Å². The molecule has 0 atom stereocenters. The van der Waals surface area contributed by atoms with Crippen molar-refractivity contribution in [2.45, 2.75) is 52.9 Å². The molecule has 0 aliphatic carbocycles. The van der Waals surface area contributed by atoms with Crippen LogP contribution in [0, 0.1) is 6.92 Å². The molecule has 2 nitrogen and oxygen atoms in total. The zero-order chi connectivity index (χ0) is 15.8. The van der Waals surface area contributed by atoms with Gasteiger partial charge in [-0.1, -0.05) is 70.5 Å². The van der Waals surface area contributed by atoms with Crippen LogP contribution in [-0.4, -0.2) is 9.97 Å². The van der Waals surface area contributed by atoms with Gasteiger partial charge >= 0.3 is 0 Å². The summed E-state index contributed by atoms with van der Waals surface area (Å²) in [5, 5.41) is 0.545. The third kappa shape index (κ3) is 3.44. The first-order chi connectivity index (χ1) is 9.70. The van der Waals surface area contributed by atoms with E-state index in [1.807, 2.05) is 6.92 Å². The number of hydrogen-bond donors (Lipinski definition) is 0. The van der Waals surface area contributed by atoms with Gasteiger partial charge in [0, 0.05) is 17.0 Å². The summed E-state index contributed by atoms with van der Waals surface area (Å²) in [5.41, 5.74) is 4.42.